The molecule has 0 saturated carbocycles. The highest BCUT2D eigenvalue weighted by Crippen LogP contribution is 2.34. The Hall–Kier alpha value is -2.93. The SMILES string of the molecule is CCCS(=O)(=O)CCCOc1cccc2c(Nc3ccccc3C)c(C(=O)CC)cnc12. The summed E-state index contributed by atoms with van der Waals surface area (Å²) in [6.07, 6.45) is 3.00. The molecule has 3 rings (SSSR count). The fourth-order valence-electron chi connectivity index (χ4n) is 3.57. The summed E-state index contributed by atoms with van der Waals surface area (Å²) in [6.45, 7) is 5.97. The number of pyridine rings is 1. The average molecular weight is 455 g/mol. The smallest absolute Gasteiger partial charge is 0.166 e. The predicted molar refractivity (Wildman–Crippen MR) is 130 cm³/mol. The number of nitrogens with zero attached hydrogens (tertiary/aromatic N) is 1. The van der Waals surface area contributed by atoms with Crippen molar-refractivity contribution >= 4 is 37.9 Å². The maximum absolute atomic E-state index is 12.6. The van der Waals surface area contributed by atoms with Gasteiger partial charge in [0.05, 0.1) is 23.6 Å². The van der Waals surface area contributed by atoms with Crippen LogP contribution in [-0.4, -0.2) is 37.3 Å². The summed E-state index contributed by atoms with van der Waals surface area (Å²) in [5.74, 6) is 0.876. The summed E-state index contributed by atoms with van der Waals surface area (Å²) >= 11 is 0. The third-order valence-electron chi connectivity index (χ3n) is 5.26. The van der Waals surface area contributed by atoms with Crippen molar-refractivity contribution in [3.63, 3.8) is 0 Å². The summed E-state index contributed by atoms with van der Waals surface area (Å²) < 4.78 is 29.8. The molecule has 0 atom stereocenters. The van der Waals surface area contributed by atoms with Gasteiger partial charge in [0.25, 0.3) is 0 Å². The summed E-state index contributed by atoms with van der Waals surface area (Å²) in [6, 6.07) is 13.5. The molecule has 0 aliphatic rings. The van der Waals surface area contributed by atoms with Crippen LogP contribution in [0.3, 0.4) is 0 Å². The second-order valence-corrected chi connectivity index (χ2v) is 10.1. The number of hydrogen-bond acceptors (Lipinski definition) is 6. The minimum absolute atomic E-state index is 0.00272. The van der Waals surface area contributed by atoms with E-state index in [1.165, 1.54) is 0 Å². The molecule has 7 heteroatoms. The number of fused-ring (bicyclic) bond motifs is 1. The van der Waals surface area contributed by atoms with E-state index < -0.39 is 9.84 Å². The molecule has 0 unspecified atom stereocenters. The number of carbonyl (C=O) groups excluding carboxylic acids is 1. The van der Waals surface area contributed by atoms with E-state index in [1.54, 1.807) is 6.20 Å². The largest absolute Gasteiger partial charge is 0.491 e. The number of aromatic nitrogens is 1. The number of para-hydroxylation sites is 2. The van der Waals surface area contributed by atoms with Crippen molar-refractivity contribution in [3.05, 3.63) is 59.8 Å². The van der Waals surface area contributed by atoms with Gasteiger partial charge in [-0.15, -0.1) is 0 Å². The third kappa shape index (κ3) is 5.65. The molecule has 0 spiro atoms. The number of ether oxygens (including phenoxy) is 1. The normalized spacial score (nSPS) is 11.5. The first-order chi connectivity index (χ1) is 15.4. The second-order valence-electron chi connectivity index (χ2n) is 7.77. The van der Waals surface area contributed by atoms with Gasteiger partial charge in [0, 0.05) is 29.4 Å². The Morgan fingerprint density at radius 1 is 1.06 bits per heavy atom. The zero-order chi connectivity index (χ0) is 23.1. The molecule has 1 heterocycles. The zero-order valence-electron chi connectivity index (χ0n) is 18.8. The molecule has 170 valence electrons. The molecule has 1 aromatic heterocycles. The number of ketones is 1. The van der Waals surface area contributed by atoms with E-state index in [1.807, 2.05) is 63.2 Å². The fraction of sp³-hybridized carbons (Fsp3) is 0.360. The highest BCUT2D eigenvalue weighted by Gasteiger charge is 2.17. The van der Waals surface area contributed by atoms with E-state index in [-0.39, 0.29) is 23.9 Å². The molecule has 32 heavy (non-hydrogen) atoms. The molecule has 0 bridgehead atoms. The van der Waals surface area contributed by atoms with Crippen molar-refractivity contribution in [2.75, 3.05) is 23.4 Å². The molecule has 3 aromatic rings. The number of anilines is 2. The molecule has 0 amide bonds. The monoisotopic (exact) mass is 454 g/mol. The van der Waals surface area contributed by atoms with E-state index in [2.05, 4.69) is 10.3 Å². The van der Waals surface area contributed by atoms with Gasteiger partial charge in [0.1, 0.15) is 21.1 Å². The van der Waals surface area contributed by atoms with Crippen molar-refractivity contribution in [3.8, 4) is 5.75 Å². The maximum Gasteiger partial charge on any atom is 0.166 e. The van der Waals surface area contributed by atoms with Crippen molar-refractivity contribution in [1.82, 2.24) is 4.98 Å². The Balaban J connectivity index is 1.93. The van der Waals surface area contributed by atoms with Gasteiger partial charge in [-0.3, -0.25) is 9.78 Å². The van der Waals surface area contributed by atoms with Crippen LogP contribution in [0.2, 0.25) is 0 Å². The number of nitrogens with one attached hydrogen (secondary N) is 1. The highest BCUT2D eigenvalue weighted by molar-refractivity contribution is 7.91. The number of rotatable bonds is 11. The Bertz CT molecular complexity index is 1210. The number of carbonyl (C=O) groups is 1. The number of sulfone groups is 1. The van der Waals surface area contributed by atoms with Gasteiger partial charge in [-0.05, 0) is 37.5 Å². The van der Waals surface area contributed by atoms with E-state index in [0.717, 1.165) is 16.6 Å². The van der Waals surface area contributed by atoms with Crippen LogP contribution in [0.4, 0.5) is 11.4 Å². The van der Waals surface area contributed by atoms with Crippen LogP contribution >= 0.6 is 0 Å². The molecular weight excluding hydrogens is 424 g/mol. The zero-order valence-corrected chi connectivity index (χ0v) is 19.7. The first kappa shape index (κ1) is 23.7. The van der Waals surface area contributed by atoms with E-state index in [9.17, 15) is 13.2 Å². The number of benzene rings is 2. The third-order valence-corrected chi connectivity index (χ3v) is 7.20. The minimum atomic E-state index is -3.04. The summed E-state index contributed by atoms with van der Waals surface area (Å²) in [5.41, 5.74) is 3.84. The number of Topliss-reactive ketones (excluding diaryl/α,β-unsaturated/α-hetero) is 1. The Morgan fingerprint density at radius 3 is 2.56 bits per heavy atom. The van der Waals surface area contributed by atoms with Crippen molar-refractivity contribution in [2.45, 2.75) is 40.0 Å². The predicted octanol–water partition coefficient (Wildman–Crippen LogP) is 5.47. The van der Waals surface area contributed by atoms with E-state index in [4.69, 9.17) is 4.74 Å². The van der Waals surface area contributed by atoms with Crippen molar-refractivity contribution in [2.24, 2.45) is 0 Å². The Kier molecular flexibility index (Phi) is 7.85. The lowest BCUT2D eigenvalue weighted by molar-refractivity contribution is 0.0988. The lowest BCUT2D eigenvalue weighted by atomic mass is 10.0. The van der Waals surface area contributed by atoms with E-state index >= 15 is 0 Å². The quantitative estimate of drug-likeness (QED) is 0.305. The molecule has 6 nitrogen and oxygen atoms in total. The maximum atomic E-state index is 12.6. The Morgan fingerprint density at radius 2 is 1.84 bits per heavy atom. The van der Waals surface area contributed by atoms with Gasteiger partial charge in [-0.25, -0.2) is 8.42 Å². The van der Waals surface area contributed by atoms with Crippen LogP contribution in [0, 0.1) is 6.92 Å². The Labute approximate surface area is 189 Å². The van der Waals surface area contributed by atoms with Gasteiger partial charge in [0.2, 0.25) is 0 Å². The average Bonchev–Trinajstić information content (AvgIpc) is 2.78. The lowest BCUT2D eigenvalue weighted by Gasteiger charge is -2.17. The second kappa shape index (κ2) is 10.6. The van der Waals surface area contributed by atoms with E-state index in [0.29, 0.717) is 41.8 Å². The van der Waals surface area contributed by atoms with Crippen LogP contribution < -0.4 is 10.1 Å². The van der Waals surface area contributed by atoms with Gasteiger partial charge in [0.15, 0.2) is 5.78 Å². The highest BCUT2D eigenvalue weighted by atomic mass is 32.2. The molecule has 0 aliphatic heterocycles. The van der Waals surface area contributed by atoms with Crippen LogP contribution in [-0.2, 0) is 9.84 Å². The first-order valence-electron chi connectivity index (χ1n) is 11.0. The van der Waals surface area contributed by atoms with Gasteiger partial charge in [-0.1, -0.05) is 44.2 Å². The molecule has 2 aromatic carbocycles. The van der Waals surface area contributed by atoms with Gasteiger partial charge < -0.3 is 10.1 Å². The molecule has 0 fully saturated rings. The number of aryl methyl sites for hydroxylation is 1. The number of hydrogen-bond donors (Lipinski definition) is 1. The molecule has 1 N–H and O–H groups in total. The topological polar surface area (TPSA) is 85.4 Å². The van der Waals surface area contributed by atoms with Crippen molar-refractivity contribution < 1.29 is 17.9 Å². The summed E-state index contributed by atoms with van der Waals surface area (Å²) in [7, 11) is -3.04. The molecule has 0 aliphatic carbocycles. The van der Waals surface area contributed by atoms with Gasteiger partial charge >= 0.3 is 0 Å². The minimum Gasteiger partial charge on any atom is -0.491 e. The lowest BCUT2D eigenvalue weighted by Crippen LogP contribution is -2.13. The van der Waals surface area contributed by atoms with Crippen LogP contribution in [0.5, 0.6) is 5.75 Å². The van der Waals surface area contributed by atoms with Crippen LogP contribution in [0.1, 0.15) is 49.0 Å². The van der Waals surface area contributed by atoms with Gasteiger partial charge in [-0.2, -0.15) is 0 Å². The van der Waals surface area contributed by atoms with Crippen LogP contribution in [0.15, 0.2) is 48.7 Å². The molecule has 0 radical (unpaired) electrons. The van der Waals surface area contributed by atoms with Crippen LogP contribution in [0.25, 0.3) is 10.9 Å². The van der Waals surface area contributed by atoms with Crippen molar-refractivity contribution in [1.29, 1.82) is 0 Å². The molecule has 0 saturated heterocycles. The summed E-state index contributed by atoms with van der Waals surface area (Å²) in [5, 5.41) is 4.21. The first-order valence-corrected chi connectivity index (χ1v) is 12.8. The standard InChI is InChI=1S/C25H30N2O4S/c1-4-15-32(29,30)16-9-14-31-23-13-8-11-19-24(27-21-12-7-6-10-18(21)3)20(22(28)5-2)17-26-25(19)23/h6-8,10-13,17H,4-5,9,14-16H2,1-3H3,(H,26,27). The fourth-order valence-corrected chi connectivity index (χ4v) is 4.95. The molecular formula is C25H30N2O4S. The summed E-state index contributed by atoms with van der Waals surface area (Å²) in [4.78, 5) is 17.2.